The maximum atomic E-state index is 5.92. The van der Waals surface area contributed by atoms with E-state index in [2.05, 4.69) is 17.1 Å². The SMILES string of the molecule is CCn1cnnc1Cc1cccc(Cl)c1. The normalized spacial score (nSPS) is 10.5. The molecule has 0 fully saturated rings. The third kappa shape index (κ3) is 2.36. The van der Waals surface area contributed by atoms with Crippen molar-refractivity contribution in [2.24, 2.45) is 0 Å². The van der Waals surface area contributed by atoms with E-state index in [-0.39, 0.29) is 0 Å². The average molecular weight is 222 g/mol. The maximum absolute atomic E-state index is 5.92. The fraction of sp³-hybridized carbons (Fsp3) is 0.273. The smallest absolute Gasteiger partial charge is 0.137 e. The van der Waals surface area contributed by atoms with Gasteiger partial charge < -0.3 is 4.57 Å². The van der Waals surface area contributed by atoms with E-state index in [1.165, 1.54) is 0 Å². The number of hydrogen-bond acceptors (Lipinski definition) is 2. The molecule has 0 spiro atoms. The standard InChI is InChI=1S/C11H12ClN3/c1-2-15-8-13-14-11(15)7-9-4-3-5-10(12)6-9/h3-6,8H,2,7H2,1H3. The van der Waals surface area contributed by atoms with Crippen LogP contribution in [0.5, 0.6) is 0 Å². The van der Waals surface area contributed by atoms with Crippen LogP contribution in [0.15, 0.2) is 30.6 Å². The highest BCUT2D eigenvalue weighted by Crippen LogP contribution is 2.13. The lowest BCUT2D eigenvalue weighted by Crippen LogP contribution is -2.01. The first-order chi connectivity index (χ1) is 7.29. The largest absolute Gasteiger partial charge is 0.318 e. The number of halogens is 1. The molecule has 0 bridgehead atoms. The quantitative estimate of drug-likeness (QED) is 0.798. The number of aryl methyl sites for hydroxylation is 1. The van der Waals surface area contributed by atoms with Crippen molar-refractivity contribution in [1.82, 2.24) is 14.8 Å². The summed E-state index contributed by atoms with van der Waals surface area (Å²) in [6.07, 6.45) is 2.52. The zero-order valence-corrected chi connectivity index (χ0v) is 9.28. The lowest BCUT2D eigenvalue weighted by atomic mass is 10.1. The molecule has 4 heteroatoms. The van der Waals surface area contributed by atoms with Gasteiger partial charge in [-0.3, -0.25) is 0 Å². The molecule has 0 aliphatic heterocycles. The molecule has 1 heterocycles. The second-order valence-corrected chi connectivity index (χ2v) is 3.78. The first kappa shape index (κ1) is 10.2. The highest BCUT2D eigenvalue weighted by Gasteiger charge is 2.03. The first-order valence-electron chi connectivity index (χ1n) is 4.90. The van der Waals surface area contributed by atoms with Crippen LogP contribution in [0.4, 0.5) is 0 Å². The van der Waals surface area contributed by atoms with Gasteiger partial charge in [-0.05, 0) is 24.6 Å². The number of nitrogens with zero attached hydrogens (tertiary/aromatic N) is 3. The molecule has 3 nitrogen and oxygen atoms in total. The van der Waals surface area contributed by atoms with Crippen molar-refractivity contribution in [1.29, 1.82) is 0 Å². The van der Waals surface area contributed by atoms with Crippen LogP contribution >= 0.6 is 11.6 Å². The first-order valence-corrected chi connectivity index (χ1v) is 5.28. The molecule has 0 unspecified atom stereocenters. The number of aromatic nitrogens is 3. The molecule has 2 aromatic rings. The summed E-state index contributed by atoms with van der Waals surface area (Å²) in [7, 11) is 0. The molecule has 1 aromatic carbocycles. The maximum Gasteiger partial charge on any atom is 0.137 e. The molecular formula is C11H12ClN3. The molecule has 0 saturated carbocycles. The summed E-state index contributed by atoms with van der Waals surface area (Å²) in [6, 6.07) is 7.82. The van der Waals surface area contributed by atoms with Gasteiger partial charge in [0.2, 0.25) is 0 Å². The van der Waals surface area contributed by atoms with E-state index in [4.69, 9.17) is 11.6 Å². The fourth-order valence-corrected chi connectivity index (χ4v) is 1.72. The number of hydrogen-bond donors (Lipinski definition) is 0. The van der Waals surface area contributed by atoms with Crippen LogP contribution in [0.3, 0.4) is 0 Å². The van der Waals surface area contributed by atoms with E-state index >= 15 is 0 Å². The summed E-state index contributed by atoms with van der Waals surface area (Å²) in [4.78, 5) is 0. The Morgan fingerprint density at radius 1 is 1.40 bits per heavy atom. The molecular weight excluding hydrogens is 210 g/mol. The van der Waals surface area contributed by atoms with E-state index in [0.717, 1.165) is 29.4 Å². The summed E-state index contributed by atoms with van der Waals surface area (Å²) >= 11 is 5.92. The zero-order chi connectivity index (χ0) is 10.7. The van der Waals surface area contributed by atoms with Crippen LogP contribution in [0.1, 0.15) is 18.3 Å². The van der Waals surface area contributed by atoms with Crippen molar-refractivity contribution in [3.8, 4) is 0 Å². The molecule has 0 aliphatic carbocycles. The lowest BCUT2D eigenvalue weighted by molar-refractivity contribution is 0.712. The second kappa shape index (κ2) is 4.45. The predicted octanol–water partition coefficient (Wildman–Crippen LogP) is 2.54. The van der Waals surface area contributed by atoms with Gasteiger partial charge in [-0.1, -0.05) is 23.7 Å². The predicted molar refractivity (Wildman–Crippen MR) is 60.0 cm³/mol. The van der Waals surface area contributed by atoms with Crippen LogP contribution in [-0.2, 0) is 13.0 Å². The van der Waals surface area contributed by atoms with Gasteiger partial charge >= 0.3 is 0 Å². The van der Waals surface area contributed by atoms with E-state index in [0.29, 0.717) is 0 Å². The van der Waals surface area contributed by atoms with Crippen LogP contribution in [0.2, 0.25) is 5.02 Å². The summed E-state index contributed by atoms with van der Waals surface area (Å²) in [5.41, 5.74) is 1.16. The Hall–Kier alpha value is -1.35. The van der Waals surface area contributed by atoms with Gasteiger partial charge in [0.1, 0.15) is 12.2 Å². The summed E-state index contributed by atoms with van der Waals surface area (Å²) in [5.74, 6) is 0.972. The Morgan fingerprint density at radius 3 is 3.00 bits per heavy atom. The van der Waals surface area contributed by atoms with Crippen LogP contribution in [0.25, 0.3) is 0 Å². The van der Waals surface area contributed by atoms with Crippen molar-refractivity contribution in [2.45, 2.75) is 19.9 Å². The molecule has 0 aliphatic rings. The molecule has 15 heavy (non-hydrogen) atoms. The van der Waals surface area contributed by atoms with Gasteiger partial charge in [0.15, 0.2) is 0 Å². The minimum absolute atomic E-state index is 0.759. The Balaban J connectivity index is 2.22. The van der Waals surface area contributed by atoms with Gasteiger partial charge in [0.25, 0.3) is 0 Å². The topological polar surface area (TPSA) is 30.7 Å². The van der Waals surface area contributed by atoms with Crippen LogP contribution in [-0.4, -0.2) is 14.8 Å². The second-order valence-electron chi connectivity index (χ2n) is 3.34. The third-order valence-electron chi connectivity index (χ3n) is 2.29. The molecule has 0 N–H and O–H groups in total. The monoisotopic (exact) mass is 221 g/mol. The fourth-order valence-electron chi connectivity index (χ4n) is 1.51. The Kier molecular flexibility index (Phi) is 3.02. The Labute approximate surface area is 93.7 Å². The van der Waals surface area contributed by atoms with E-state index in [1.807, 2.05) is 28.8 Å². The molecule has 0 radical (unpaired) electrons. The molecule has 2 rings (SSSR count). The number of benzene rings is 1. The van der Waals surface area contributed by atoms with Gasteiger partial charge in [0.05, 0.1) is 0 Å². The Bertz CT molecular complexity index is 451. The highest BCUT2D eigenvalue weighted by atomic mass is 35.5. The summed E-state index contributed by atoms with van der Waals surface area (Å²) in [6.45, 7) is 2.97. The molecule has 1 aromatic heterocycles. The van der Waals surface area contributed by atoms with Gasteiger partial charge in [-0.25, -0.2) is 0 Å². The minimum Gasteiger partial charge on any atom is -0.318 e. The van der Waals surface area contributed by atoms with E-state index in [1.54, 1.807) is 6.33 Å². The highest BCUT2D eigenvalue weighted by molar-refractivity contribution is 6.30. The minimum atomic E-state index is 0.759. The van der Waals surface area contributed by atoms with Crippen molar-refractivity contribution in [3.63, 3.8) is 0 Å². The Morgan fingerprint density at radius 2 is 2.27 bits per heavy atom. The van der Waals surface area contributed by atoms with Crippen molar-refractivity contribution in [2.75, 3.05) is 0 Å². The van der Waals surface area contributed by atoms with Crippen LogP contribution in [0, 0.1) is 0 Å². The van der Waals surface area contributed by atoms with Crippen molar-refractivity contribution in [3.05, 3.63) is 47.0 Å². The average Bonchev–Trinajstić information content (AvgIpc) is 2.65. The summed E-state index contributed by atoms with van der Waals surface area (Å²) in [5, 5.41) is 8.73. The van der Waals surface area contributed by atoms with Gasteiger partial charge in [-0.15, -0.1) is 10.2 Å². The summed E-state index contributed by atoms with van der Waals surface area (Å²) < 4.78 is 2.03. The third-order valence-corrected chi connectivity index (χ3v) is 2.52. The van der Waals surface area contributed by atoms with E-state index < -0.39 is 0 Å². The van der Waals surface area contributed by atoms with Crippen LogP contribution < -0.4 is 0 Å². The molecule has 0 amide bonds. The van der Waals surface area contributed by atoms with Crippen molar-refractivity contribution >= 4 is 11.6 Å². The molecule has 0 saturated heterocycles. The molecule has 78 valence electrons. The van der Waals surface area contributed by atoms with E-state index in [9.17, 15) is 0 Å². The van der Waals surface area contributed by atoms with Crippen molar-refractivity contribution < 1.29 is 0 Å². The molecule has 0 atom stereocenters. The zero-order valence-electron chi connectivity index (χ0n) is 8.52. The lowest BCUT2D eigenvalue weighted by Gasteiger charge is -2.03. The van der Waals surface area contributed by atoms with Gasteiger partial charge in [0, 0.05) is 18.0 Å². The number of rotatable bonds is 3. The van der Waals surface area contributed by atoms with Gasteiger partial charge in [-0.2, -0.15) is 0 Å².